The lowest BCUT2D eigenvalue weighted by atomic mass is 9.96. The van der Waals surface area contributed by atoms with E-state index in [2.05, 4.69) is 29.2 Å². The molecule has 1 aromatic heterocycles. The van der Waals surface area contributed by atoms with Crippen LogP contribution in [0.3, 0.4) is 0 Å². The van der Waals surface area contributed by atoms with Crippen molar-refractivity contribution in [3.8, 4) is 0 Å². The molecule has 22 heavy (non-hydrogen) atoms. The van der Waals surface area contributed by atoms with Crippen molar-refractivity contribution in [3.05, 3.63) is 17.2 Å². The maximum absolute atomic E-state index is 9.87. The van der Waals surface area contributed by atoms with Crippen LogP contribution < -0.4 is 5.32 Å². The smallest absolute Gasteiger partial charge is 0.120 e. The van der Waals surface area contributed by atoms with E-state index in [0.29, 0.717) is 25.7 Å². The van der Waals surface area contributed by atoms with E-state index < -0.39 is 0 Å². The fourth-order valence-corrected chi connectivity index (χ4v) is 3.50. The minimum atomic E-state index is -0.343. The van der Waals surface area contributed by atoms with Crippen molar-refractivity contribution in [2.24, 2.45) is 0 Å². The van der Waals surface area contributed by atoms with Gasteiger partial charge in [-0.05, 0) is 39.7 Å². The normalized spacial score (nSPS) is 29.5. The zero-order chi connectivity index (χ0) is 15.6. The first-order chi connectivity index (χ1) is 10.6. The number of imidazole rings is 1. The van der Waals surface area contributed by atoms with Gasteiger partial charge < -0.3 is 20.1 Å². The van der Waals surface area contributed by atoms with Gasteiger partial charge in [0.1, 0.15) is 5.82 Å². The summed E-state index contributed by atoms with van der Waals surface area (Å²) in [5.41, 5.74) is 2.21. The minimum Gasteiger partial charge on any atom is -0.394 e. The van der Waals surface area contributed by atoms with Crippen LogP contribution in [-0.2, 0) is 24.1 Å². The van der Waals surface area contributed by atoms with E-state index in [4.69, 9.17) is 9.72 Å². The van der Waals surface area contributed by atoms with Crippen LogP contribution in [0.25, 0.3) is 0 Å². The Balaban J connectivity index is 1.58. The topological polar surface area (TPSA) is 73.4 Å². The number of aliphatic hydroxyl groups is 1. The average molecular weight is 308 g/mol. The summed E-state index contributed by atoms with van der Waals surface area (Å²) in [4.78, 5) is 10.4. The molecule has 1 saturated heterocycles. The molecule has 6 heteroatoms. The second-order valence-corrected chi connectivity index (χ2v) is 6.78. The predicted molar refractivity (Wildman–Crippen MR) is 84.8 cm³/mol. The van der Waals surface area contributed by atoms with E-state index in [0.717, 1.165) is 25.3 Å². The highest BCUT2D eigenvalue weighted by Gasteiger charge is 2.40. The maximum atomic E-state index is 9.87. The Labute approximate surface area is 132 Å². The Morgan fingerprint density at radius 3 is 3.05 bits per heavy atom. The standard InChI is InChI=1S/C16H28N4O2/c1-12-8-22-11-16(10-21,20(12)2)9-17-7-15-18-13-5-3-4-6-14(13)19-15/h12,17,21H,3-11H2,1-2H3,(H,18,19)/t12-,16+/m1/s1. The number of nitrogens with one attached hydrogen (secondary N) is 2. The van der Waals surface area contributed by atoms with Gasteiger partial charge >= 0.3 is 0 Å². The quantitative estimate of drug-likeness (QED) is 0.737. The highest BCUT2D eigenvalue weighted by Crippen LogP contribution is 2.22. The van der Waals surface area contributed by atoms with Crippen molar-refractivity contribution in [3.63, 3.8) is 0 Å². The van der Waals surface area contributed by atoms with Crippen molar-refractivity contribution in [2.75, 3.05) is 33.4 Å². The van der Waals surface area contributed by atoms with E-state index >= 15 is 0 Å². The zero-order valence-electron chi connectivity index (χ0n) is 13.7. The Hall–Kier alpha value is -0.950. The van der Waals surface area contributed by atoms with Gasteiger partial charge in [-0.25, -0.2) is 4.98 Å². The molecule has 0 spiro atoms. The second-order valence-electron chi connectivity index (χ2n) is 6.78. The average Bonchev–Trinajstić information content (AvgIpc) is 2.94. The number of nitrogens with zero attached hydrogens (tertiary/aromatic N) is 2. The molecule has 124 valence electrons. The van der Waals surface area contributed by atoms with Gasteiger partial charge in [-0.3, -0.25) is 4.90 Å². The number of aryl methyl sites for hydroxylation is 2. The van der Waals surface area contributed by atoms with Crippen LogP contribution in [0.5, 0.6) is 0 Å². The molecule has 3 rings (SSSR count). The number of rotatable bonds is 5. The first-order valence-electron chi connectivity index (χ1n) is 8.33. The number of morpholine rings is 1. The van der Waals surface area contributed by atoms with Crippen LogP contribution in [0.1, 0.15) is 37.0 Å². The molecule has 0 unspecified atom stereocenters. The lowest BCUT2D eigenvalue weighted by molar-refractivity contribution is -0.106. The van der Waals surface area contributed by atoms with Crippen LogP contribution >= 0.6 is 0 Å². The summed E-state index contributed by atoms with van der Waals surface area (Å²) in [6.45, 7) is 4.90. The molecular weight excluding hydrogens is 280 g/mol. The number of hydrogen-bond acceptors (Lipinski definition) is 5. The van der Waals surface area contributed by atoms with E-state index in [1.807, 2.05) is 0 Å². The lowest BCUT2D eigenvalue weighted by Gasteiger charge is -2.47. The number of H-pyrrole nitrogens is 1. The third-order valence-corrected chi connectivity index (χ3v) is 5.18. The summed E-state index contributed by atoms with van der Waals surface area (Å²) in [7, 11) is 2.07. The molecular formula is C16H28N4O2. The van der Waals surface area contributed by atoms with Crippen molar-refractivity contribution in [1.82, 2.24) is 20.2 Å². The van der Waals surface area contributed by atoms with E-state index in [-0.39, 0.29) is 12.1 Å². The molecule has 6 nitrogen and oxygen atoms in total. The van der Waals surface area contributed by atoms with Gasteiger partial charge in [0.05, 0.1) is 37.6 Å². The molecule has 2 aliphatic rings. The number of fused-ring (bicyclic) bond motifs is 1. The molecule has 1 aromatic rings. The van der Waals surface area contributed by atoms with Crippen molar-refractivity contribution < 1.29 is 9.84 Å². The fraction of sp³-hybridized carbons (Fsp3) is 0.812. The third kappa shape index (κ3) is 3.06. The number of aromatic nitrogens is 2. The monoisotopic (exact) mass is 308 g/mol. The van der Waals surface area contributed by atoms with Gasteiger partial charge in [-0.1, -0.05) is 0 Å². The van der Waals surface area contributed by atoms with E-state index in [9.17, 15) is 5.11 Å². The van der Waals surface area contributed by atoms with Gasteiger partial charge in [0.15, 0.2) is 0 Å². The van der Waals surface area contributed by atoms with Crippen molar-refractivity contribution >= 4 is 0 Å². The number of hydrogen-bond donors (Lipinski definition) is 3. The van der Waals surface area contributed by atoms with E-state index in [1.165, 1.54) is 24.2 Å². The van der Waals surface area contributed by atoms with Crippen LogP contribution in [0.4, 0.5) is 0 Å². The molecule has 0 bridgehead atoms. The zero-order valence-corrected chi connectivity index (χ0v) is 13.7. The second kappa shape index (κ2) is 6.66. The minimum absolute atomic E-state index is 0.0928. The molecule has 1 fully saturated rings. The van der Waals surface area contributed by atoms with Gasteiger partial charge in [0, 0.05) is 18.3 Å². The molecule has 2 heterocycles. The summed E-state index contributed by atoms with van der Waals surface area (Å²) < 4.78 is 5.66. The first kappa shape index (κ1) is 15.9. The third-order valence-electron chi connectivity index (χ3n) is 5.18. The molecule has 0 saturated carbocycles. The molecule has 0 radical (unpaired) electrons. The largest absolute Gasteiger partial charge is 0.394 e. The Morgan fingerprint density at radius 2 is 2.27 bits per heavy atom. The highest BCUT2D eigenvalue weighted by molar-refractivity contribution is 5.17. The SMILES string of the molecule is C[C@@H]1COC[C@@](CO)(CNCc2nc3c([nH]2)CCCC3)N1C. The Morgan fingerprint density at radius 1 is 1.45 bits per heavy atom. The van der Waals surface area contributed by atoms with Crippen molar-refractivity contribution in [1.29, 1.82) is 0 Å². The van der Waals surface area contributed by atoms with Gasteiger partial charge in [-0.2, -0.15) is 0 Å². The fourth-order valence-electron chi connectivity index (χ4n) is 3.50. The van der Waals surface area contributed by atoms with E-state index in [1.54, 1.807) is 0 Å². The summed E-state index contributed by atoms with van der Waals surface area (Å²) in [5.74, 6) is 1.01. The Bertz CT molecular complexity index is 481. The number of aliphatic hydroxyl groups excluding tert-OH is 1. The lowest BCUT2D eigenvalue weighted by Crippen LogP contribution is -2.65. The highest BCUT2D eigenvalue weighted by atomic mass is 16.5. The molecule has 0 amide bonds. The van der Waals surface area contributed by atoms with Crippen molar-refractivity contribution in [2.45, 2.75) is 50.7 Å². The summed E-state index contributed by atoms with van der Waals surface area (Å²) >= 11 is 0. The molecule has 3 N–H and O–H groups in total. The first-order valence-corrected chi connectivity index (χ1v) is 8.33. The molecule has 1 aliphatic carbocycles. The predicted octanol–water partition coefficient (Wildman–Crippen LogP) is 0.460. The number of aromatic amines is 1. The summed E-state index contributed by atoms with van der Waals surface area (Å²) in [6.07, 6.45) is 4.73. The van der Waals surface area contributed by atoms with Gasteiger partial charge in [0.25, 0.3) is 0 Å². The van der Waals surface area contributed by atoms with Crippen LogP contribution in [0.2, 0.25) is 0 Å². The molecule has 2 atom stereocenters. The van der Waals surface area contributed by atoms with Crippen LogP contribution in [-0.4, -0.2) is 65.0 Å². The summed E-state index contributed by atoms with van der Waals surface area (Å²) in [6, 6.07) is 0.318. The Kier molecular flexibility index (Phi) is 4.82. The van der Waals surface area contributed by atoms with Gasteiger partial charge in [-0.15, -0.1) is 0 Å². The van der Waals surface area contributed by atoms with Crippen LogP contribution in [0.15, 0.2) is 0 Å². The molecule has 1 aliphatic heterocycles. The number of ether oxygens (including phenoxy) is 1. The molecule has 0 aromatic carbocycles. The maximum Gasteiger partial charge on any atom is 0.120 e. The number of likely N-dealkylation sites (N-methyl/N-ethyl adjacent to an activating group) is 1. The van der Waals surface area contributed by atoms with Crippen LogP contribution in [0, 0.1) is 0 Å². The van der Waals surface area contributed by atoms with Gasteiger partial charge in [0.2, 0.25) is 0 Å². The summed E-state index contributed by atoms with van der Waals surface area (Å²) in [5, 5.41) is 13.3.